The van der Waals surface area contributed by atoms with Gasteiger partial charge in [0.15, 0.2) is 5.13 Å². The van der Waals surface area contributed by atoms with Crippen molar-refractivity contribution in [1.82, 2.24) is 9.88 Å². The maximum absolute atomic E-state index is 13.3. The fraction of sp³-hybridized carbons (Fsp3) is 0.174. The first-order valence-electron chi connectivity index (χ1n) is 9.94. The molecule has 160 valence electrons. The number of nitrogens with zero attached hydrogens (tertiary/aromatic N) is 4. The lowest BCUT2D eigenvalue weighted by atomic mass is 10.0. The van der Waals surface area contributed by atoms with Gasteiger partial charge in [-0.3, -0.25) is 19.8 Å². The molecule has 0 radical (unpaired) electrons. The van der Waals surface area contributed by atoms with E-state index in [1.54, 1.807) is 17.5 Å². The topological polar surface area (TPSA) is 112 Å². The number of nitrogens with one attached hydrogen (secondary N) is 1. The lowest BCUT2D eigenvalue weighted by molar-refractivity contribution is -0.384. The van der Waals surface area contributed by atoms with Crippen molar-refractivity contribution >= 4 is 28.1 Å². The first-order valence-corrected chi connectivity index (χ1v) is 10.8. The van der Waals surface area contributed by atoms with Crippen LogP contribution in [0.2, 0.25) is 0 Å². The molecule has 1 atom stereocenters. The summed E-state index contributed by atoms with van der Waals surface area (Å²) >= 11 is 1.26. The zero-order valence-electron chi connectivity index (χ0n) is 17.0. The van der Waals surface area contributed by atoms with Gasteiger partial charge >= 0.3 is 0 Å². The molecule has 0 fully saturated rings. The predicted molar refractivity (Wildman–Crippen MR) is 122 cm³/mol. The van der Waals surface area contributed by atoms with E-state index >= 15 is 0 Å². The molecule has 1 aromatic heterocycles. The highest BCUT2D eigenvalue weighted by Gasteiger charge is 2.29. The Balaban J connectivity index is 1.56. The van der Waals surface area contributed by atoms with Crippen LogP contribution < -0.4 is 5.32 Å². The Morgan fingerprint density at radius 2 is 2.06 bits per heavy atom. The van der Waals surface area contributed by atoms with Crippen molar-refractivity contribution in [2.24, 2.45) is 0 Å². The molecule has 4 rings (SSSR count). The van der Waals surface area contributed by atoms with Crippen LogP contribution in [0.5, 0.6) is 0 Å². The van der Waals surface area contributed by atoms with Gasteiger partial charge in [0.2, 0.25) is 5.91 Å². The number of hydrogen-bond acceptors (Lipinski definition) is 7. The number of carbonyl (C=O) groups is 1. The molecule has 0 saturated carbocycles. The summed E-state index contributed by atoms with van der Waals surface area (Å²) in [5.74, 6) is -0.218. The highest BCUT2D eigenvalue weighted by atomic mass is 32.1. The van der Waals surface area contributed by atoms with Crippen LogP contribution in [0.15, 0.2) is 71.6 Å². The molecule has 2 aromatic carbocycles. The quantitative estimate of drug-likeness (QED) is 0.440. The Hall–Kier alpha value is -3.87. The number of non-ortho nitro benzene ring substituents is 1. The molecule has 3 aromatic rings. The lowest BCUT2D eigenvalue weighted by Crippen LogP contribution is -2.39. The second-order valence-corrected chi connectivity index (χ2v) is 8.09. The van der Waals surface area contributed by atoms with Crippen LogP contribution in [0.1, 0.15) is 18.0 Å². The van der Waals surface area contributed by atoms with E-state index in [1.807, 2.05) is 41.3 Å². The molecule has 9 heteroatoms. The van der Waals surface area contributed by atoms with Crippen LogP contribution in [0.3, 0.4) is 0 Å². The summed E-state index contributed by atoms with van der Waals surface area (Å²) in [6.07, 6.45) is 2.46. The van der Waals surface area contributed by atoms with Crippen LogP contribution in [0, 0.1) is 21.4 Å². The van der Waals surface area contributed by atoms with E-state index in [1.165, 1.54) is 23.5 Å². The van der Waals surface area contributed by atoms with E-state index in [9.17, 15) is 14.9 Å². The molecule has 0 spiro atoms. The average molecular weight is 446 g/mol. The molecule has 8 nitrogen and oxygen atoms in total. The number of rotatable bonds is 6. The minimum Gasteiger partial charge on any atom is -0.300 e. The van der Waals surface area contributed by atoms with Crippen LogP contribution in [0.25, 0.3) is 11.3 Å². The monoisotopic (exact) mass is 445 g/mol. The van der Waals surface area contributed by atoms with Gasteiger partial charge in [0.1, 0.15) is 6.04 Å². The molecule has 0 unspecified atom stereocenters. The van der Waals surface area contributed by atoms with Crippen molar-refractivity contribution < 1.29 is 9.72 Å². The molecule has 1 aliphatic rings. The van der Waals surface area contributed by atoms with Gasteiger partial charge in [-0.25, -0.2) is 4.98 Å². The van der Waals surface area contributed by atoms with Gasteiger partial charge in [0, 0.05) is 41.7 Å². The first kappa shape index (κ1) is 21.4. The van der Waals surface area contributed by atoms with Crippen molar-refractivity contribution in [3.8, 4) is 17.3 Å². The fourth-order valence-corrected chi connectivity index (χ4v) is 4.32. The largest absolute Gasteiger partial charge is 0.300 e. The third-order valence-electron chi connectivity index (χ3n) is 5.20. The molecule has 1 amide bonds. The Bertz CT molecular complexity index is 1220. The molecule has 32 heavy (non-hydrogen) atoms. The normalized spacial score (nSPS) is 14.8. The third-order valence-corrected chi connectivity index (χ3v) is 5.96. The van der Waals surface area contributed by atoms with Gasteiger partial charge < -0.3 is 5.32 Å². The lowest BCUT2D eigenvalue weighted by Gasteiger charge is -2.32. The Morgan fingerprint density at radius 3 is 2.75 bits per heavy atom. The predicted octanol–water partition coefficient (Wildman–Crippen LogP) is 4.55. The van der Waals surface area contributed by atoms with Crippen LogP contribution in [-0.4, -0.2) is 33.8 Å². The molecule has 0 bridgehead atoms. The summed E-state index contributed by atoms with van der Waals surface area (Å²) in [4.78, 5) is 30.4. The van der Waals surface area contributed by atoms with Crippen molar-refractivity contribution in [2.45, 2.75) is 12.5 Å². The highest BCUT2D eigenvalue weighted by Crippen LogP contribution is 2.30. The molecular formula is C23H19N5O3S. The van der Waals surface area contributed by atoms with Gasteiger partial charge in [0.05, 0.1) is 16.7 Å². The highest BCUT2D eigenvalue weighted by molar-refractivity contribution is 7.14. The number of benzene rings is 2. The molecule has 1 aliphatic heterocycles. The van der Waals surface area contributed by atoms with E-state index in [0.717, 1.165) is 11.1 Å². The van der Waals surface area contributed by atoms with Crippen LogP contribution in [0.4, 0.5) is 10.8 Å². The van der Waals surface area contributed by atoms with E-state index < -0.39 is 11.0 Å². The summed E-state index contributed by atoms with van der Waals surface area (Å²) in [5, 5.41) is 25.2. The standard InChI is InChI=1S/C23H19N5O3S/c24-14-16-9-11-27(12-10-16)21(17-5-2-1-3-6-17)22(29)26-23-25-20(15-32-23)18-7-4-8-19(13-18)28(30)31/h1-9,13,15,21H,10-12H2,(H,25,26,29)/t21-/m1/s1. The number of nitriles is 1. The zero-order chi connectivity index (χ0) is 22.5. The number of anilines is 1. The summed E-state index contributed by atoms with van der Waals surface area (Å²) in [6.45, 7) is 1.11. The fourth-order valence-electron chi connectivity index (χ4n) is 3.60. The second-order valence-electron chi connectivity index (χ2n) is 7.23. The number of amides is 1. The van der Waals surface area contributed by atoms with Crippen LogP contribution in [-0.2, 0) is 4.79 Å². The second kappa shape index (κ2) is 9.51. The summed E-state index contributed by atoms with van der Waals surface area (Å²) in [5.41, 5.74) is 2.75. The number of thiazole rings is 1. The van der Waals surface area contributed by atoms with E-state index in [4.69, 9.17) is 5.26 Å². The Morgan fingerprint density at radius 1 is 1.25 bits per heavy atom. The molecule has 1 N–H and O–H groups in total. The van der Waals surface area contributed by atoms with Crippen molar-refractivity contribution in [2.75, 3.05) is 18.4 Å². The number of hydrogen-bond donors (Lipinski definition) is 1. The zero-order valence-corrected chi connectivity index (χ0v) is 17.8. The average Bonchev–Trinajstić information content (AvgIpc) is 3.29. The minimum atomic E-state index is -0.530. The number of aromatic nitrogens is 1. The molecular weight excluding hydrogens is 426 g/mol. The SMILES string of the molecule is N#CC1=CCN([C@@H](C(=O)Nc2nc(-c3cccc([N+](=O)[O-])c3)cs2)c2ccccc2)CC1. The van der Waals surface area contributed by atoms with Gasteiger partial charge in [-0.05, 0) is 12.0 Å². The van der Waals surface area contributed by atoms with E-state index in [-0.39, 0.29) is 11.6 Å². The van der Waals surface area contributed by atoms with Gasteiger partial charge in [-0.1, -0.05) is 48.5 Å². The smallest absolute Gasteiger partial charge is 0.270 e. The Labute approximate surface area is 188 Å². The van der Waals surface area contributed by atoms with E-state index in [2.05, 4.69) is 16.4 Å². The first-order chi connectivity index (χ1) is 15.5. The number of nitro groups is 1. The number of nitro benzene ring substituents is 1. The summed E-state index contributed by atoms with van der Waals surface area (Å²) in [6, 6.07) is 17.4. The van der Waals surface area contributed by atoms with Crippen LogP contribution >= 0.6 is 11.3 Å². The van der Waals surface area contributed by atoms with Gasteiger partial charge in [-0.2, -0.15) is 5.26 Å². The molecule has 0 saturated heterocycles. The molecule has 2 heterocycles. The van der Waals surface area contributed by atoms with Crippen molar-refractivity contribution in [3.05, 3.63) is 87.3 Å². The third kappa shape index (κ3) is 4.72. The summed E-state index contributed by atoms with van der Waals surface area (Å²) in [7, 11) is 0. The number of carbonyl (C=O) groups excluding carboxylic acids is 1. The summed E-state index contributed by atoms with van der Waals surface area (Å²) < 4.78 is 0. The minimum absolute atomic E-state index is 0.0138. The molecule has 0 aliphatic carbocycles. The maximum atomic E-state index is 13.3. The van der Waals surface area contributed by atoms with E-state index in [0.29, 0.717) is 35.9 Å². The van der Waals surface area contributed by atoms with Crippen molar-refractivity contribution in [1.29, 1.82) is 5.26 Å². The van der Waals surface area contributed by atoms with Gasteiger partial charge in [-0.15, -0.1) is 11.3 Å². The maximum Gasteiger partial charge on any atom is 0.270 e. The van der Waals surface area contributed by atoms with Gasteiger partial charge in [0.25, 0.3) is 5.69 Å². The Kier molecular flexibility index (Phi) is 6.35. The van der Waals surface area contributed by atoms with Crippen molar-refractivity contribution in [3.63, 3.8) is 0 Å².